The zero-order chi connectivity index (χ0) is 23.8. The maximum absolute atomic E-state index is 11.4. The van der Waals surface area contributed by atoms with Gasteiger partial charge >= 0.3 is 5.97 Å². The molecule has 6 nitrogen and oxygen atoms in total. The molecule has 0 saturated heterocycles. The van der Waals surface area contributed by atoms with E-state index < -0.39 is 12.1 Å². The summed E-state index contributed by atoms with van der Waals surface area (Å²) in [6.45, 7) is 1.92. The molecule has 7 heteroatoms. The Morgan fingerprint density at radius 3 is 2.39 bits per heavy atom. The summed E-state index contributed by atoms with van der Waals surface area (Å²) in [6.07, 6.45) is 4.05. The summed E-state index contributed by atoms with van der Waals surface area (Å²) in [6, 6.07) is 14.0. The number of ether oxygens (including phenoxy) is 2. The highest BCUT2D eigenvalue weighted by molar-refractivity contribution is 7.11. The van der Waals surface area contributed by atoms with Crippen LogP contribution in [0.1, 0.15) is 45.5 Å². The van der Waals surface area contributed by atoms with Crippen molar-refractivity contribution < 1.29 is 24.5 Å². The van der Waals surface area contributed by atoms with Gasteiger partial charge in [0, 0.05) is 23.1 Å². The predicted molar refractivity (Wildman–Crippen MR) is 129 cm³/mol. The van der Waals surface area contributed by atoms with Crippen molar-refractivity contribution in [3.63, 3.8) is 0 Å². The van der Waals surface area contributed by atoms with Crippen LogP contribution in [0.5, 0.6) is 11.5 Å². The van der Waals surface area contributed by atoms with E-state index in [1.807, 2.05) is 37.3 Å². The van der Waals surface area contributed by atoms with Crippen LogP contribution in [-0.4, -0.2) is 35.4 Å². The third-order valence-electron chi connectivity index (χ3n) is 5.81. The van der Waals surface area contributed by atoms with Crippen molar-refractivity contribution in [3.05, 3.63) is 75.2 Å². The Morgan fingerprint density at radius 1 is 1.12 bits per heavy atom. The van der Waals surface area contributed by atoms with Crippen LogP contribution in [0, 0.1) is 12.8 Å². The lowest BCUT2D eigenvalue weighted by Crippen LogP contribution is -2.16. The average Bonchev–Trinajstić information content (AvgIpc) is 3.24. The highest BCUT2D eigenvalue weighted by Gasteiger charge is 2.25. The van der Waals surface area contributed by atoms with Gasteiger partial charge in [-0.3, -0.25) is 4.79 Å². The van der Waals surface area contributed by atoms with Gasteiger partial charge in [-0.25, -0.2) is 4.98 Å². The van der Waals surface area contributed by atoms with E-state index >= 15 is 0 Å². The van der Waals surface area contributed by atoms with Gasteiger partial charge in [0.2, 0.25) is 0 Å². The molecule has 0 saturated carbocycles. The number of benzene rings is 2. The maximum Gasteiger partial charge on any atom is 0.308 e. The van der Waals surface area contributed by atoms with E-state index in [4.69, 9.17) is 14.6 Å². The van der Waals surface area contributed by atoms with E-state index in [1.54, 1.807) is 20.4 Å². The van der Waals surface area contributed by atoms with Gasteiger partial charge in [-0.2, -0.15) is 0 Å². The van der Waals surface area contributed by atoms with E-state index in [1.165, 1.54) is 16.9 Å². The van der Waals surface area contributed by atoms with Gasteiger partial charge < -0.3 is 19.7 Å². The first-order valence-corrected chi connectivity index (χ1v) is 11.8. The van der Waals surface area contributed by atoms with Crippen molar-refractivity contribution in [2.45, 2.75) is 45.1 Å². The third kappa shape index (κ3) is 6.79. The topological polar surface area (TPSA) is 88.9 Å². The van der Waals surface area contributed by atoms with Crippen LogP contribution in [0.4, 0.5) is 0 Å². The molecule has 1 aromatic heterocycles. The second-order valence-corrected chi connectivity index (χ2v) is 9.33. The monoisotopic (exact) mass is 469 g/mol. The summed E-state index contributed by atoms with van der Waals surface area (Å²) in [7, 11) is 3.21. The minimum absolute atomic E-state index is 0.0365. The molecule has 0 aliphatic carbocycles. The molecule has 0 bridgehead atoms. The number of nitrogens with zero attached hydrogens (tertiary/aromatic N) is 1. The molecule has 3 rings (SSSR count). The Morgan fingerprint density at radius 2 is 1.79 bits per heavy atom. The number of hydrogen-bond donors (Lipinski definition) is 2. The number of aliphatic carboxylic acids is 1. The summed E-state index contributed by atoms with van der Waals surface area (Å²) in [4.78, 5) is 16.2. The Bertz CT molecular complexity index is 1020. The molecule has 2 aromatic carbocycles. The summed E-state index contributed by atoms with van der Waals surface area (Å²) < 4.78 is 11.0. The van der Waals surface area contributed by atoms with Crippen LogP contribution in [0.2, 0.25) is 0 Å². The Kier molecular flexibility index (Phi) is 8.86. The zero-order valence-corrected chi connectivity index (χ0v) is 20.1. The second kappa shape index (κ2) is 11.8. The normalized spacial score (nSPS) is 12.8. The molecule has 2 N–H and O–H groups in total. The van der Waals surface area contributed by atoms with Gasteiger partial charge in [0.05, 0.1) is 31.8 Å². The van der Waals surface area contributed by atoms with Gasteiger partial charge in [0.1, 0.15) is 11.5 Å². The smallest absolute Gasteiger partial charge is 0.308 e. The molecule has 0 fully saturated rings. The Labute approximate surface area is 198 Å². The molecule has 176 valence electrons. The number of aryl methyl sites for hydroxylation is 1. The first kappa shape index (κ1) is 24.7. The fourth-order valence-electron chi connectivity index (χ4n) is 4.03. The van der Waals surface area contributed by atoms with E-state index in [-0.39, 0.29) is 12.3 Å². The van der Waals surface area contributed by atoms with Crippen LogP contribution in [0.3, 0.4) is 0 Å². The number of aromatic nitrogens is 1. The largest absolute Gasteiger partial charge is 0.496 e. The molecule has 1 heterocycles. The van der Waals surface area contributed by atoms with Crippen LogP contribution >= 0.6 is 11.3 Å². The molecule has 2 atom stereocenters. The maximum atomic E-state index is 11.4. The number of hydrogen-bond acceptors (Lipinski definition) is 6. The first-order chi connectivity index (χ1) is 15.9. The summed E-state index contributed by atoms with van der Waals surface area (Å²) in [5, 5.41) is 21.3. The number of thiazole rings is 1. The first-order valence-electron chi connectivity index (χ1n) is 11.0. The molecule has 0 aliphatic heterocycles. The number of carboxylic acid groups (broad SMARTS) is 1. The summed E-state index contributed by atoms with van der Waals surface area (Å²) in [5.74, 6) is 0.381. The van der Waals surface area contributed by atoms with Crippen LogP contribution < -0.4 is 9.47 Å². The summed E-state index contributed by atoms with van der Waals surface area (Å²) >= 11 is 1.40. The average molecular weight is 470 g/mol. The van der Waals surface area contributed by atoms with Gasteiger partial charge in [-0.05, 0) is 55.4 Å². The lowest BCUT2D eigenvalue weighted by atomic mass is 9.87. The second-order valence-electron chi connectivity index (χ2n) is 8.13. The molecule has 3 aromatic rings. The number of carbonyl (C=O) groups is 1. The van der Waals surface area contributed by atoms with Crippen molar-refractivity contribution in [2.75, 3.05) is 14.2 Å². The fourth-order valence-corrected chi connectivity index (χ4v) is 5.04. The van der Waals surface area contributed by atoms with E-state index in [2.05, 4.69) is 17.1 Å². The minimum Gasteiger partial charge on any atom is -0.496 e. The lowest BCUT2D eigenvalue weighted by molar-refractivity contribution is -0.136. The van der Waals surface area contributed by atoms with E-state index in [0.717, 1.165) is 35.4 Å². The van der Waals surface area contributed by atoms with Crippen LogP contribution in [-0.2, 0) is 24.1 Å². The van der Waals surface area contributed by atoms with Gasteiger partial charge in [0.25, 0.3) is 0 Å². The van der Waals surface area contributed by atoms with Crippen molar-refractivity contribution in [3.8, 4) is 11.5 Å². The number of rotatable bonds is 12. The number of methoxy groups -OCH3 is 2. The Hall–Kier alpha value is -2.90. The zero-order valence-electron chi connectivity index (χ0n) is 19.3. The minimum atomic E-state index is -0.872. The SMILES string of the molecule is COc1cc(C(O)[C@H](CCCc2ccccc2)Cc2ncc(CC(=O)O)s2)cc(OC)c1C. The standard InChI is InChI=1S/C26H31NO5S/c1-17-22(31-2)12-20(13-23(17)32-3)26(30)19(11-7-10-18-8-5-4-6-9-18)14-24-27-16-21(33-24)15-25(28)29/h4-6,8-9,12-13,16,19,26,30H,7,10-11,14-15H2,1-3H3,(H,28,29)/t19-,26?/m1/s1. The van der Waals surface area contributed by atoms with E-state index in [9.17, 15) is 9.90 Å². The van der Waals surface area contributed by atoms with Crippen LogP contribution in [0.25, 0.3) is 0 Å². The molecule has 1 unspecified atom stereocenters. The lowest BCUT2D eigenvalue weighted by Gasteiger charge is -2.24. The van der Waals surface area contributed by atoms with Crippen LogP contribution in [0.15, 0.2) is 48.7 Å². The van der Waals surface area contributed by atoms with Crippen molar-refractivity contribution >= 4 is 17.3 Å². The Balaban J connectivity index is 1.81. The van der Waals surface area contributed by atoms with Gasteiger partial charge in [0.15, 0.2) is 0 Å². The van der Waals surface area contributed by atoms with Crippen molar-refractivity contribution in [2.24, 2.45) is 5.92 Å². The molecule has 0 spiro atoms. The van der Waals surface area contributed by atoms with Gasteiger partial charge in [-0.1, -0.05) is 30.3 Å². The number of aliphatic hydroxyl groups is 1. The quantitative estimate of drug-likeness (QED) is 0.388. The number of carboxylic acids is 1. The number of aliphatic hydroxyl groups excluding tert-OH is 1. The molecule has 0 radical (unpaired) electrons. The molecular formula is C26H31NO5S. The highest BCUT2D eigenvalue weighted by atomic mass is 32.1. The van der Waals surface area contributed by atoms with Gasteiger partial charge in [-0.15, -0.1) is 11.3 Å². The molecule has 33 heavy (non-hydrogen) atoms. The van der Waals surface area contributed by atoms with Crippen molar-refractivity contribution in [1.82, 2.24) is 4.98 Å². The fraction of sp³-hybridized carbons (Fsp3) is 0.385. The highest BCUT2D eigenvalue weighted by Crippen LogP contribution is 2.37. The molecular weight excluding hydrogens is 438 g/mol. The summed E-state index contributed by atoms with van der Waals surface area (Å²) in [5.41, 5.74) is 2.89. The third-order valence-corrected chi connectivity index (χ3v) is 6.83. The molecule has 0 amide bonds. The molecule has 0 aliphatic rings. The predicted octanol–water partition coefficient (Wildman–Crippen LogP) is 5.01. The van der Waals surface area contributed by atoms with E-state index in [0.29, 0.717) is 22.8 Å². The van der Waals surface area contributed by atoms with Crippen molar-refractivity contribution in [1.29, 1.82) is 0 Å².